The highest BCUT2D eigenvalue weighted by Crippen LogP contribution is 2.29. The molecule has 2 aromatic carbocycles. The lowest BCUT2D eigenvalue weighted by atomic mass is 10.1. The van der Waals surface area contributed by atoms with Gasteiger partial charge in [-0.15, -0.1) is 0 Å². The maximum absolute atomic E-state index is 12.4. The number of amides is 1. The maximum atomic E-state index is 12.4. The molecule has 0 atom stereocenters. The number of anilines is 2. The number of benzene rings is 2. The summed E-state index contributed by atoms with van der Waals surface area (Å²) in [5.41, 5.74) is 3.14. The van der Waals surface area contributed by atoms with Gasteiger partial charge in [0.05, 0.1) is 11.4 Å². The number of nitrogens with one attached hydrogen (secondary N) is 1. The third kappa shape index (κ3) is 4.80. The highest BCUT2D eigenvalue weighted by Gasteiger charge is 2.27. The molecule has 1 aliphatic heterocycles. The average Bonchev–Trinajstić information content (AvgIpc) is 2.63. The first-order chi connectivity index (χ1) is 12.8. The summed E-state index contributed by atoms with van der Waals surface area (Å²) in [6, 6.07) is 12.7. The lowest BCUT2D eigenvalue weighted by molar-refractivity contribution is -0.118. The molecule has 0 bridgehead atoms. The Bertz CT molecular complexity index is 923. The summed E-state index contributed by atoms with van der Waals surface area (Å²) >= 11 is 0. The maximum Gasteiger partial charge on any atom is 0.262 e. The van der Waals surface area contributed by atoms with Gasteiger partial charge < -0.3 is 10.1 Å². The van der Waals surface area contributed by atoms with Crippen molar-refractivity contribution in [2.24, 2.45) is 0 Å². The van der Waals surface area contributed by atoms with E-state index >= 15 is 0 Å². The van der Waals surface area contributed by atoms with Gasteiger partial charge in [0.15, 0.2) is 6.61 Å². The monoisotopic (exact) mass is 388 g/mol. The van der Waals surface area contributed by atoms with Gasteiger partial charge in [-0.3, -0.25) is 9.10 Å². The van der Waals surface area contributed by atoms with Gasteiger partial charge in [-0.1, -0.05) is 23.8 Å². The fraction of sp³-hybridized carbons (Fsp3) is 0.350. The predicted molar refractivity (Wildman–Crippen MR) is 107 cm³/mol. The number of hydrogen-bond donors (Lipinski definition) is 1. The van der Waals surface area contributed by atoms with Crippen molar-refractivity contribution in [1.82, 2.24) is 0 Å². The van der Waals surface area contributed by atoms with Crippen LogP contribution in [0.5, 0.6) is 5.75 Å². The molecule has 1 fully saturated rings. The minimum Gasteiger partial charge on any atom is -0.484 e. The van der Waals surface area contributed by atoms with Crippen molar-refractivity contribution in [1.29, 1.82) is 0 Å². The minimum absolute atomic E-state index is 0.117. The molecule has 27 heavy (non-hydrogen) atoms. The molecule has 2 aromatic rings. The summed E-state index contributed by atoms with van der Waals surface area (Å²) in [6.07, 6.45) is 1.52. The summed E-state index contributed by atoms with van der Waals surface area (Å²) in [4.78, 5) is 12.2. The molecule has 3 rings (SSSR count). The van der Waals surface area contributed by atoms with Crippen molar-refractivity contribution in [2.45, 2.75) is 26.7 Å². The van der Waals surface area contributed by atoms with E-state index in [-0.39, 0.29) is 18.3 Å². The number of carbonyl (C=O) groups is 1. The van der Waals surface area contributed by atoms with Gasteiger partial charge in [0, 0.05) is 12.2 Å². The van der Waals surface area contributed by atoms with Gasteiger partial charge in [0.25, 0.3) is 5.91 Å². The Balaban J connectivity index is 1.68. The highest BCUT2D eigenvalue weighted by molar-refractivity contribution is 7.92. The van der Waals surface area contributed by atoms with E-state index in [0.717, 1.165) is 17.5 Å². The molecule has 144 valence electrons. The molecule has 0 spiro atoms. The summed E-state index contributed by atoms with van der Waals surface area (Å²) in [5, 5.41) is 2.77. The molecule has 0 aromatic heterocycles. The van der Waals surface area contributed by atoms with E-state index in [1.807, 2.05) is 44.2 Å². The zero-order chi connectivity index (χ0) is 19.4. The van der Waals surface area contributed by atoms with E-state index in [2.05, 4.69) is 5.32 Å². The second-order valence-corrected chi connectivity index (χ2v) is 8.76. The Kier molecular flexibility index (Phi) is 5.70. The number of hydrogen-bond acceptors (Lipinski definition) is 4. The van der Waals surface area contributed by atoms with E-state index in [0.29, 0.717) is 30.1 Å². The smallest absolute Gasteiger partial charge is 0.262 e. The van der Waals surface area contributed by atoms with Gasteiger partial charge in [0.1, 0.15) is 5.75 Å². The quantitative estimate of drug-likeness (QED) is 0.853. The fourth-order valence-corrected chi connectivity index (χ4v) is 4.69. The number of carbonyl (C=O) groups excluding carboxylic acids is 1. The Morgan fingerprint density at radius 2 is 1.85 bits per heavy atom. The summed E-state index contributed by atoms with van der Waals surface area (Å²) in [5.74, 6) is 0.486. The van der Waals surface area contributed by atoms with Crippen molar-refractivity contribution < 1.29 is 17.9 Å². The molecule has 0 saturated carbocycles. The van der Waals surface area contributed by atoms with Crippen LogP contribution in [0.3, 0.4) is 0 Å². The Labute approximate surface area is 160 Å². The lowest BCUT2D eigenvalue weighted by Crippen LogP contribution is -2.38. The van der Waals surface area contributed by atoms with Gasteiger partial charge in [0.2, 0.25) is 10.0 Å². The van der Waals surface area contributed by atoms with Crippen LogP contribution in [0.1, 0.15) is 24.0 Å². The van der Waals surface area contributed by atoms with Crippen molar-refractivity contribution >= 4 is 27.3 Å². The first kappa shape index (κ1) is 19.2. The third-order valence-corrected chi connectivity index (χ3v) is 6.36. The molecule has 1 amide bonds. The minimum atomic E-state index is -3.30. The summed E-state index contributed by atoms with van der Waals surface area (Å²) in [7, 11) is -3.30. The van der Waals surface area contributed by atoms with Crippen LogP contribution in [0, 0.1) is 13.8 Å². The van der Waals surface area contributed by atoms with Gasteiger partial charge in [-0.2, -0.15) is 0 Å². The Morgan fingerprint density at radius 3 is 2.56 bits per heavy atom. The van der Waals surface area contributed by atoms with E-state index in [1.165, 1.54) is 4.31 Å². The molecule has 1 saturated heterocycles. The molecule has 0 unspecified atom stereocenters. The summed E-state index contributed by atoms with van der Waals surface area (Å²) in [6.45, 7) is 4.20. The molecule has 1 heterocycles. The molecular weight excluding hydrogens is 364 g/mol. The van der Waals surface area contributed by atoms with Crippen LogP contribution >= 0.6 is 0 Å². The molecule has 6 nitrogen and oxygen atoms in total. The number of nitrogens with zero attached hydrogens (tertiary/aromatic N) is 1. The lowest BCUT2D eigenvalue weighted by Gasteiger charge is -2.29. The van der Waals surface area contributed by atoms with Crippen LogP contribution in [0.25, 0.3) is 0 Å². The largest absolute Gasteiger partial charge is 0.484 e. The van der Waals surface area contributed by atoms with Crippen molar-refractivity contribution in [3.8, 4) is 5.75 Å². The topological polar surface area (TPSA) is 75.7 Å². The SMILES string of the molecule is Cc1ccc(OCC(=O)Nc2ccc(C)c(N3CCCCS3(=O)=O)c2)cc1. The average molecular weight is 388 g/mol. The van der Waals surface area contributed by atoms with Crippen LogP contribution in [-0.4, -0.2) is 33.2 Å². The van der Waals surface area contributed by atoms with Gasteiger partial charge in [-0.25, -0.2) is 8.42 Å². The zero-order valence-electron chi connectivity index (χ0n) is 15.6. The molecule has 7 heteroatoms. The second-order valence-electron chi connectivity index (χ2n) is 6.75. The Morgan fingerprint density at radius 1 is 1.11 bits per heavy atom. The number of sulfonamides is 1. The summed E-state index contributed by atoms with van der Waals surface area (Å²) < 4.78 is 31.7. The first-order valence-corrected chi connectivity index (χ1v) is 10.6. The zero-order valence-corrected chi connectivity index (χ0v) is 16.4. The van der Waals surface area contributed by atoms with E-state index < -0.39 is 10.0 Å². The number of rotatable bonds is 5. The second kappa shape index (κ2) is 8.00. The molecule has 0 radical (unpaired) electrons. The Hall–Kier alpha value is -2.54. The van der Waals surface area contributed by atoms with Crippen LogP contribution in [0.15, 0.2) is 42.5 Å². The van der Waals surface area contributed by atoms with E-state index in [4.69, 9.17) is 4.74 Å². The van der Waals surface area contributed by atoms with Gasteiger partial charge >= 0.3 is 0 Å². The molecule has 0 aliphatic carbocycles. The van der Waals surface area contributed by atoms with Crippen molar-refractivity contribution in [3.05, 3.63) is 53.6 Å². The van der Waals surface area contributed by atoms with Crippen LogP contribution in [0.2, 0.25) is 0 Å². The normalized spacial score (nSPS) is 16.0. The van der Waals surface area contributed by atoms with Gasteiger partial charge in [-0.05, 0) is 56.5 Å². The van der Waals surface area contributed by atoms with Crippen LogP contribution in [0.4, 0.5) is 11.4 Å². The predicted octanol–water partition coefficient (Wildman–Crippen LogP) is 3.25. The standard InChI is InChI=1S/C20H24N2O4S/c1-15-5-9-18(10-6-15)26-14-20(23)21-17-8-7-16(2)19(13-17)22-11-3-4-12-27(22,24)25/h5-10,13H,3-4,11-12,14H2,1-2H3,(H,21,23). The van der Waals surface area contributed by atoms with E-state index in [9.17, 15) is 13.2 Å². The fourth-order valence-electron chi connectivity index (χ4n) is 3.00. The molecule has 1 aliphatic rings. The van der Waals surface area contributed by atoms with E-state index in [1.54, 1.807) is 12.1 Å². The third-order valence-electron chi connectivity index (χ3n) is 4.50. The van der Waals surface area contributed by atoms with Crippen LogP contribution in [-0.2, 0) is 14.8 Å². The van der Waals surface area contributed by atoms with Crippen molar-refractivity contribution in [2.75, 3.05) is 28.5 Å². The number of ether oxygens (including phenoxy) is 1. The molecular formula is C20H24N2O4S. The van der Waals surface area contributed by atoms with Crippen molar-refractivity contribution in [3.63, 3.8) is 0 Å². The first-order valence-electron chi connectivity index (χ1n) is 8.95. The highest BCUT2D eigenvalue weighted by atomic mass is 32.2. The number of aryl methyl sites for hydroxylation is 2. The molecule has 1 N–H and O–H groups in total. The van der Waals surface area contributed by atoms with Crippen LogP contribution < -0.4 is 14.4 Å².